The molecule has 6 nitrogen and oxygen atoms in total. The summed E-state index contributed by atoms with van der Waals surface area (Å²) < 4.78 is 14.2. The second-order valence-corrected chi connectivity index (χ2v) is 13.7. The molecule has 1 saturated carbocycles. The van der Waals surface area contributed by atoms with E-state index in [1.807, 2.05) is 36.0 Å². The Morgan fingerprint density at radius 3 is 2.38 bits per heavy atom. The minimum Gasteiger partial charge on any atom is -0.350 e. The lowest BCUT2D eigenvalue weighted by molar-refractivity contribution is -0.126. The molecular formula is C31H38FN3O3S. The molecule has 5 rings (SSSR count). The van der Waals surface area contributed by atoms with Crippen molar-refractivity contribution in [1.29, 1.82) is 0 Å². The van der Waals surface area contributed by atoms with Crippen molar-refractivity contribution in [2.45, 2.75) is 88.6 Å². The van der Waals surface area contributed by atoms with Crippen molar-refractivity contribution in [2.75, 3.05) is 11.5 Å². The summed E-state index contributed by atoms with van der Waals surface area (Å²) in [5.74, 6) is 0.489. The number of nitrogens with one attached hydrogen (secondary N) is 2. The Bertz CT molecular complexity index is 1240. The molecule has 1 aliphatic carbocycles. The van der Waals surface area contributed by atoms with Gasteiger partial charge in [-0.2, -0.15) is 11.8 Å². The average molecular weight is 552 g/mol. The van der Waals surface area contributed by atoms with Gasteiger partial charge in [0.05, 0.1) is 17.8 Å². The molecule has 3 aliphatic rings. The molecule has 208 valence electrons. The molecule has 2 amide bonds. The number of rotatable bonds is 3. The quantitative estimate of drug-likeness (QED) is 0.522. The minimum absolute atomic E-state index is 0.0173. The van der Waals surface area contributed by atoms with Crippen molar-refractivity contribution in [3.8, 4) is 0 Å². The third-order valence-corrected chi connectivity index (χ3v) is 9.73. The normalized spacial score (nSPS) is 26.4. The molecule has 3 heterocycles. The predicted molar refractivity (Wildman–Crippen MR) is 152 cm³/mol. The molecule has 1 aromatic heterocycles. The van der Waals surface area contributed by atoms with Crippen LogP contribution >= 0.6 is 11.8 Å². The maximum absolute atomic E-state index is 14.2. The molecule has 1 spiro atoms. The summed E-state index contributed by atoms with van der Waals surface area (Å²) in [5, 5.41) is 6.43. The molecule has 1 unspecified atom stereocenters. The largest absolute Gasteiger partial charge is 0.350 e. The van der Waals surface area contributed by atoms with Crippen LogP contribution in [0.15, 0.2) is 36.5 Å². The Balaban J connectivity index is 1.31. The van der Waals surface area contributed by atoms with E-state index in [-0.39, 0.29) is 47.0 Å². The molecule has 1 saturated heterocycles. The van der Waals surface area contributed by atoms with E-state index in [0.29, 0.717) is 36.9 Å². The highest BCUT2D eigenvalue weighted by Gasteiger charge is 2.45. The van der Waals surface area contributed by atoms with Gasteiger partial charge in [-0.1, -0.05) is 32.9 Å². The minimum atomic E-state index is -0.699. The van der Waals surface area contributed by atoms with E-state index in [0.717, 1.165) is 30.5 Å². The number of pyridine rings is 1. The van der Waals surface area contributed by atoms with Crippen molar-refractivity contribution in [1.82, 2.24) is 15.6 Å². The predicted octanol–water partition coefficient (Wildman–Crippen LogP) is 5.56. The van der Waals surface area contributed by atoms with Gasteiger partial charge in [0.15, 0.2) is 5.78 Å². The molecule has 2 aliphatic heterocycles. The average Bonchev–Trinajstić information content (AvgIpc) is 2.90. The van der Waals surface area contributed by atoms with Gasteiger partial charge in [0.25, 0.3) is 5.91 Å². The molecule has 8 heteroatoms. The van der Waals surface area contributed by atoms with Gasteiger partial charge in [0.2, 0.25) is 5.91 Å². The number of ketones is 1. The second-order valence-electron chi connectivity index (χ2n) is 12.5. The standard InChI is InChI=1S/C31H38FN3O3S/c1-30(2,3)21-6-4-20(5-7-21)28(37)34-23-8-12-31(13-9-23)17-25(36)24-16-22(32)18-33-27(24)26(29(38)35-31)19-10-14-39-15-11-19/h4-7,16,18-19,23,26H,8-15,17H2,1-3H3,(H,34,37)(H,35,38). The summed E-state index contributed by atoms with van der Waals surface area (Å²) in [7, 11) is 0. The monoisotopic (exact) mass is 551 g/mol. The Hall–Kier alpha value is -2.74. The molecule has 2 aromatic rings. The highest BCUT2D eigenvalue weighted by Crippen LogP contribution is 2.41. The van der Waals surface area contributed by atoms with Gasteiger partial charge in [-0.25, -0.2) is 4.39 Å². The lowest BCUT2D eigenvalue weighted by Gasteiger charge is -2.43. The van der Waals surface area contributed by atoms with Crippen molar-refractivity contribution in [3.63, 3.8) is 0 Å². The van der Waals surface area contributed by atoms with Crippen LogP contribution in [0.25, 0.3) is 0 Å². The first-order valence-corrected chi connectivity index (χ1v) is 15.2. The molecule has 2 fully saturated rings. The number of amides is 2. The summed E-state index contributed by atoms with van der Waals surface area (Å²) in [6, 6.07) is 8.94. The highest BCUT2D eigenvalue weighted by molar-refractivity contribution is 7.99. The molecule has 39 heavy (non-hydrogen) atoms. The van der Waals surface area contributed by atoms with E-state index in [1.54, 1.807) is 0 Å². The first-order valence-electron chi connectivity index (χ1n) is 14.0. The SMILES string of the molecule is CC(C)(C)c1ccc(C(=O)NC2CCC3(CC2)CC(=O)c2cc(F)cnc2C(C2CCSCC2)C(=O)N3)cc1. The number of nitrogens with zero attached hydrogens (tertiary/aromatic N) is 1. The number of hydrogen-bond acceptors (Lipinski definition) is 5. The van der Waals surface area contributed by atoms with Crippen LogP contribution in [0, 0.1) is 11.7 Å². The van der Waals surface area contributed by atoms with Gasteiger partial charge in [-0.05, 0) is 85.1 Å². The number of carbonyl (C=O) groups is 3. The van der Waals surface area contributed by atoms with Crippen molar-refractivity contribution in [3.05, 3.63) is 64.7 Å². The van der Waals surface area contributed by atoms with Crippen LogP contribution in [0.4, 0.5) is 4.39 Å². The summed E-state index contributed by atoms with van der Waals surface area (Å²) in [6.45, 7) is 6.42. The third-order valence-electron chi connectivity index (χ3n) is 8.68. The summed E-state index contributed by atoms with van der Waals surface area (Å²) in [4.78, 5) is 44.6. The highest BCUT2D eigenvalue weighted by atomic mass is 32.2. The molecule has 1 aromatic carbocycles. The number of halogens is 1. The van der Waals surface area contributed by atoms with E-state index in [4.69, 9.17) is 0 Å². The van der Waals surface area contributed by atoms with Gasteiger partial charge in [0, 0.05) is 29.1 Å². The molecule has 0 bridgehead atoms. The maximum atomic E-state index is 14.2. The fourth-order valence-corrected chi connectivity index (χ4v) is 7.47. The van der Waals surface area contributed by atoms with Crippen molar-refractivity contribution < 1.29 is 18.8 Å². The third kappa shape index (κ3) is 6.06. The Kier molecular flexibility index (Phi) is 7.86. The number of thioether (sulfide) groups is 1. The zero-order valence-electron chi connectivity index (χ0n) is 23.0. The zero-order valence-corrected chi connectivity index (χ0v) is 23.8. The fraction of sp³-hybridized carbons (Fsp3) is 0.548. The molecule has 2 N–H and O–H groups in total. The Morgan fingerprint density at radius 2 is 1.74 bits per heavy atom. The van der Waals surface area contributed by atoms with E-state index < -0.39 is 17.3 Å². The van der Waals surface area contributed by atoms with Crippen LogP contribution < -0.4 is 10.6 Å². The van der Waals surface area contributed by atoms with Gasteiger partial charge in [-0.3, -0.25) is 19.4 Å². The number of aromatic nitrogens is 1. The van der Waals surface area contributed by atoms with E-state index in [9.17, 15) is 18.8 Å². The number of Topliss-reactive ketones (excluding diaryl/α,β-unsaturated/α-hetero) is 1. The van der Waals surface area contributed by atoms with Gasteiger partial charge >= 0.3 is 0 Å². The van der Waals surface area contributed by atoms with Crippen molar-refractivity contribution >= 4 is 29.4 Å². The topological polar surface area (TPSA) is 88.2 Å². The van der Waals surface area contributed by atoms with Crippen LogP contribution in [0.2, 0.25) is 0 Å². The number of fused-ring (bicyclic) bond motifs is 1. The lowest BCUT2D eigenvalue weighted by atomic mass is 9.72. The van der Waals surface area contributed by atoms with E-state index >= 15 is 0 Å². The fourth-order valence-electron chi connectivity index (χ4n) is 6.32. The number of benzene rings is 1. The summed E-state index contributed by atoms with van der Waals surface area (Å²) in [6.07, 6.45) is 5.41. The van der Waals surface area contributed by atoms with Crippen molar-refractivity contribution in [2.24, 2.45) is 5.92 Å². The first-order chi connectivity index (χ1) is 18.5. The first kappa shape index (κ1) is 27.8. The van der Waals surface area contributed by atoms with Crippen LogP contribution in [0.3, 0.4) is 0 Å². The van der Waals surface area contributed by atoms with Gasteiger partial charge < -0.3 is 10.6 Å². The summed E-state index contributed by atoms with van der Waals surface area (Å²) in [5.41, 5.74) is 1.78. The van der Waals surface area contributed by atoms with E-state index in [2.05, 4.69) is 36.4 Å². The Labute approximate surface area is 234 Å². The molecule has 0 radical (unpaired) electrons. The van der Waals surface area contributed by atoms with E-state index in [1.165, 1.54) is 11.6 Å². The smallest absolute Gasteiger partial charge is 0.251 e. The van der Waals surface area contributed by atoms with Gasteiger partial charge in [0.1, 0.15) is 5.82 Å². The molecule has 1 atom stereocenters. The second kappa shape index (κ2) is 11.0. The molecular weight excluding hydrogens is 513 g/mol. The zero-order chi connectivity index (χ0) is 27.8. The van der Waals surface area contributed by atoms with Crippen LogP contribution in [-0.2, 0) is 10.2 Å². The number of hydrogen-bond donors (Lipinski definition) is 2. The number of carbonyl (C=O) groups excluding carboxylic acids is 3. The lowest BCUT2D eigenvalue weighted by Crippen LogP contribution is -2.57. The Morgan fingerprint density at radius 1 is 1.08 bits per heavy atom. The van der Waals surface area contributed by atoms with Crippen LogP contribution in [-0.4, -0.2) is 45.7 Å². The maximum Gasteiger partial charge on any atom is 0.251 e. The van der Waals surface area contributed by atoms with Crippen LogP contribution in [0.5, 0.6) is 0 Å². The van der Waals surface area contributed by atoms with Crippen LogP contribution in [0.1, 0.15) is 104 Å². The summed E-state index contributed by atoms with van der Waals surface area (Å²) >= 11 is 1.87. The van der Waals surface area contributed by atoms with Gasteiger partial charge in [-0.15, -0.1) is 0 Å².